The summed E-state index contributed by atoms with van der Waals surface area (Å²) < 4.78 is 14.2. The molecule has 0 saturated heterocycles. The Hall–Kier alpha value is -3.74. The maximum atomic E-state index is 13.0. The molecule has 1 heterocycles. The minimum absolute atomic E-state index is 0.109. The van der Waals surface area contributed by atoms with Gasteiger partial charge in [-0.2, -0.15) is 0 Å². The van der Waals surface area contributed by atoms with Gasteiger partial charge in [-0.1, -0.05) is 38.1 Å². The van der Waals surface area contributed by atoms with E-state index in [-0.39, 0.29) is 24.1 Å². The van der Waals surface area contributed by atoms with Gasteiger partial charge in [0.2, 0.25) is 5.91 Å². The quantitative estimate of drug-likeness (QED) is 0.583. The topological polar surface area (TPSA) is 80.2 Å². The summed E-state index contributed by atoms with van der Waals surface area (Å²) in [5, 5.41) is 5.43. The molecule has 2 N–H and O–H groups in total. The SMILES string of the molecule is CC(C)c1ccc(C(C)NC(=O)Cn2cccc(C(=O)Nc3ccc(F)cc3)c2=O)cc1. The third kappa shape index (κ3) is 5.69. The van der Waals surface area contributed by atoms with Crippen LogP contribution in [0.1, 0.15) is 54.2 Å². The molecule has 0 aliphatic carbocycles. The molecule has 7 heteroatoms. The van der Waals surface area contributed by atoms with E-state index in [0.717, 1.165) is 5.56 Å². The average molecular weight is 435 g/mol. The summed E-state index contributed by atoms with van der Waals surface area (Å²) in [4.78, 5) is 37.7. The van der Waals surface area contributed by atoms with Crippen molar-refractivity contribution in [1.82, 2.24) is 9.88 Å². The number of anilines is 1. The van der Waals surface area contributed by atoms with Crippen molar-refractivity contribution in [3.05, 3.63) is 99.7 Å². The Morgan fingerprint density at radius 3 is 2.19 bits per heavy atom. The van der Waals surface area contributed by atoms with Gasteiger partial charge in [0.25, 0.3) is 11.5 Å². The summed E-state index contributed by atoms with van der Waals surface area (Å²) in [6, 6.07) is 15.9. The van der Waals surface area contributed by atoms with Crippen LogP contribution in [0.25, 0.3) is 0 Å². The fraction of sp³-hybridized carbons (Fsp3) is 0.240. The Kier molecular flexibility index (Phi) is 7.20. The lowest BCUT2D eigenvalue weighted by molar-refractivity contribution is -0.122. The van der Waals surface area contributed by atoms with E-state index in [9.17, 15) is 18.8 Å². The highest BCUT2D eigenvalue weighted by molar-refractivity contribution is 6.04. The van der Waals surface area contributed by atoms with Gasteiger partial charge < -0.3 is 15.2 Å². The standard InChI is InChI=1S/C25H26FN3O3/c1-16(2)18-6-8-19(9-7-18)17(3)27-23(30)15-29-14-4-5-22(25(29)32)24(31)28-21-12-10-20(26)11-13-21/h4-14,16-17H,15H2,1-3H3,(H,27,30)(H,28,31). The van der Waals surface area contributed by atoms with Crippen molar-refractivity contribution in [2.75, 3.05) is 5.32 Å². The molecule has 0 aliphatic heterocycles. The molecule has 1 aromatic heterocycles. The predicted molar refractivity (Wildman–Crippen MR) is 122 cm³/mol. The van der Waals surface area contributed by atoms with E-state index in [1.54, 1.807) is 0 Å². The zero-order valence-corrected chi connectivity index (χ0v) is 18.3. The second kappa shape index (κ2) is 10.0. The van der Waals surface area contributed by atoms with Gasteiger partial charge in [-0.15, -0.1) is 0 Å². The second-order valence-electron chi connectivity index (χ2n) is 7.93. The van der Waals surface area contributed by atoms with Gasteiger partial charge >= 0.3 is 0 Å². The number of halogens is 1. The van der Waals surface area contributed by atoms with Crippen molar-refractivity contribution in [2.45, 2.75) is 39.3 Å². The predicted octanol–water partition coefficient (Wildman–Crippen LogP) is 4.24. The summed E-state index contributed by atoms with van der Waals surface area (Å²) in [5.41, 5.74) is 1.84. The number of carbonyl (C=O) groups is 2. The van der Waals surface area contributed by atoms with E-state index in [4.69, 9.17) is 0 Å². The van der Waals surface area contributed by atoms with Crippen molar-refractivity contribution in [2.24, 2.45) is 0 Å². The Morgan fingerprint density at radius 2 is 1.56 bits per heavy atom. The second-order valence-corrected chi connectivity index (χ2v) is 7.93. The Morgan fingerprint density at radius 1 is 0.938 bits per heavy atom. The number of aromatic nitrogens is 1. The first kappa shape index (κ1) is 22.9. The molecule has 0 radical (unpaired) electrons. The van der Waals surface area contributed by atoms with Crippen molar-refractivity contribution in [3.8, 4) is 0 Å². The third-order valence-corrected chi connectivity index (χ3v) is 5.16. The molecule has 0 bridgehead atoms. The van der Waals surface area contributed by atoms with Crippen LogP contribution in [0.2, 0.25) is 0 Å². The zero-order chi connectivity index (χ0) is 23.3. The average Bonchev–Trinajstić information content (AvgIpc) is 2.76. The minimum atomic E-state index is -0.630. The first-order chi connectivity index (χ1) is 15.2. The first-order valence-corrected chi connectivity index (χ1v) is 10.4. The molecule has 2 aromatic carbocycles. The molecule has 6 nitrogen and oxygen atoms in total. The summed E-state index contributed by atoms with van der Waals surface area (Å²) >= 11 is 0. The van der Waals surface area contributed by atoms with Crippen LogP contribution in [0.15, 0.2) is 71.7 Å². The number of nitrogens with one attached hydrogen (secondary N) is 2. The molecule has 0 saturated carbocycles. The molecule has 1 atom stereocenters. The number of carbonyl (C=O) groups excluding carboxylic acids is 2. The van der Waals surface area contributed by atoms with Crippen molar-refractivity contribution < 1.29 is 14.0 Å². The molecule has 3 aromatic rings. The van der Waals surface area contributed by atoms with Crippen molar-refractivity contribution >= 4 is 17.5 Å². The normalized spacial score (nSPS) is 11.8. The first-order valence-electron chi connectivity index (χ1n) is 10.4. The number of rotatable bonds is 7. The monoisotopic (exact) mass is 435 g/mol. The lowest BCUT2D eigenvalue weighted by atomic mass is 9.99. The van der Waals surface area contributed by atoms with Crippen LogP contribution in [-0.4, -0.2) is 16.4 Å². The van der Waals surface area contributed by atoms with E-state index < -0.39 is 17.3 Å². The number of hydrogen-bond acceptors (Lipinski definition) is 3. The number of nitrogens with zero attached hydrogens (tertiary/aromatic N) is 1. The fourth-order valence-corrected chi connectivity index (χ4v) is 3.26. The van der Waals surface area contributed by atoms with Crippen LogP contribution in [0.4, 0.5) is 10.1 Å². The third-order valence-electron chi connectivity index (χ3n) is 5.16. The Balaban J connectivity index is 1.66. The highest BCUT2D eigenvalue weighted by atomic mass is 19.1. The van der Waals surface area contributed by atoms with E-state index in [1.165, 1.54) is 52.7 Å². The van der Waals surface area contributed by atoms with Gasteiger partial charge in [0.15, 0.2) is 0 Å². The number of hydrogen-bond donors (Lipinski definition) is 2. The molecular formula is C25H26FN3O3. The Bertz CT molecular complexity index is 1150. The van der Waals surface area contributed by atoms with E-state index in [2.05, 4.69) is 24.5 Å². The van der Waals surface area contributed by atoms with Gasteiger partial charge in [0.1, 0.15) is 17.9 Å². The smallest absolute Gasteiger partial charge is 0.263 e. The van der Waals surface area contributed by atoms with E-state index >= 15 is 0 Å². The van der Waals surface area contributed by atoms with Gasteiger partial charge in [-0.05, 0) is 60.4 Å². The van der Waals surface area contributed by atoms with Gasteiger partial charge in [-0.25, -0.2) is 4.39 Å². The molecule has 32 heavy (non-hydrogen) atoms. The van der Waals surface area contributed by atoms with Crippen LogP contribution in [0.3, 0.4) is 0 Å². The van der Waals surface area contributed by atoms with Crippen LogP contribution in [-0.2, 0) is 11.3 Å². The van der Waals surface area contributed by atoms with Crippen LogP contribution in [0.5, 0.6) is 0 Å². The van der Waals surface area contributed by atoms with Crippen molar-refractivity contribution in [1.29, 1.82) is 0 Å². The maximum Gasteiger partial charge on any atom is 0.263 e. The molecular weight excluding hydrogens is 409 g/mol. The zero-order valence-electron chi connectivity index (χ0n) is 18.3. The van der Waals surface area contributed by atoms with E-state index in [1.807, 2.05) is 31.2 Å². The minimum Gasteiger partial charge on any atom is -0.348 e. The molecule has 0 fully saturated rings. The summed E-state index contributed by atoms with van der Waals surface area (Å²) in [6.45, 7) is 5.89. The van der Waals surface area contributed by atoms with Crippen LogP contribution in [0, 0.1) is 5.82 Å². The summed E-state index contributed by atoms with van der Waals surface area (Å²) in [5.74, 6) is -0.979. The molecule has 3 rings (SSSR count). The van der Waals surface area contributed by atoms with Crippen LogP contribution < -0.4 is 16.2 Å². The summed E-state index contributed by atoms with van der Waals surface area (Å²) in [6.07, 6.45) is 1.46. The lowest BCUT2D eigenvalue weighted by Gasteiger charge is -2.16. The summed E-state index contributed by atoms with van der Waals surface area (Å²) in [7, 11) is 0. The van der Waals surface area contributed by atoms with E-state index in [0.29, 0.717) is 11.6 Å². The highest BCUT2D eigenvalue weighted by Crippen LogP contribution is 2.18. The largest absolute Gasteiger partial charge is 0.348 e. The number of benzene rings is 2. The molecule has 2 amide bonds. The number of amides is 2. The highest BCUT2D eigenvalue weighted by Gasteiger charge is 2.15. The van der Waals surface area contributed by atoms with Gasteiger partial charge in [0, 0.05) is 11.9 Å². The molecule has 0 aliphatic rings. The van der Waals surface area contributed by atoms with Gasteiger partial charge in [-0.3, -0.25) is 14.4 Å². The fourth-order valence-electron chi connectivity index (χ4n) is 3.26. The number of pyridine rings is 1. The Labute approximate surface area is 186 Å². The lowest BCUT2D eigenvalue weighted by Crippen LogP contribution is -2.35. The maximum absolute atomic E-state index is 13.0. The molecule has 0 spiro atoms. The van der Waals surface area contributed by atoms with Gasteiger partial charge in [0.05, 0.1) is 6.04 Å². The molecule has 166 valence electrons. The van der Waals surface area contributed by atoms with Crippen molar-refractivity contribution in [3.63, 3.8) is 0 Å². The van der Waals surface area contributed by atoms with Crippen LogP contribution >= 0.6 is 0 Å². The molecule has 1 unspecified atom stereocenters.